The van der Waals surface area contributed by atoms with Gasteiger partial charge in [-0.05, 0) is 60.3 Å². The maximum absolute atomic E-state index is 13.0. The van der Waals surface area contributed by atoms with Gasteiger partial charge in [-0.3, -0.25) is 29.4 Å². The van der Waals surface area contributed by atoms with E-state index in [1.807, 2.05) is 12.1 Å². The third kappa shape index (κ3) is 5.45. The van der Waals surface area contributed by atoms with E-state index >= 15 is 0 Å². The van der Waals surface area contributed by atoms with E-state index in [4.69, 9.17) is 4.74 Å². The number of morpholine rings is 1. The molecule has 2 fully saturated rings. The Morgan fingerprint density at radius 1 is 1.05 bits per heavy atom. The zero-order chi connectivity index (χ0) is 26.6. The molecular formula is C26H23N5O6S. The molecule has 11 nitrogen and oxygen atoms in total. The monoisotopic (exact) mass is 533 g/mol. The summed E-state index contributed by atoms with van der Waals surface area (Å²) in [5.41, 5.74) is 2.61. The number of ether oxygens (including phenoxy) is 1. The van der Waals surface area contributed by atoms with Crippen molar-refractivity contribution in [3.8, 4) is 5.69 Å². The molecule has 0 radical (unpaired) electrons. The van der Waals surface area contributed by atoms with Crippen LogP contribution in [0.4, 0.5) is 21.9 Å². The van der Waals surface area contributed by atoms with Gasteiger partial charge in [0.05, 0.1) is 28.7 Å². The lowest BCUT2D eigenvalue weighted by Crippen LogP contribution is -2.36. The van der Waals surface area contributed by atoms with Crippen LogP contribution in [0.2, 0.25) is 0 Å². The van der Waals surface area contributed by atoms with Gasteiger partial charge in [-0.15, -0.1) is 0 Å². The highest BCUT2D eigenvalue weighted by molar-refractivity contribution is 8.18. The number of benzene rings is 2. The number of carbonyl (C=O) groups is 3. The van der Waals surface area contributed by atoms with E-state index in [9.17, 15) is 24.5 Å². The summed E-state index contributed by atoms with van der Waals surface area (Å²) < 4.78 is 7.04. The van der Waals surface area contributed by atoms with E-state index in [-0.39, 0.29) is 10.6 Å². The van der Waals surface area contributed by atoms with Crippen LogP contribution in [0.25, 0.3) is 11.8 Å². The number of non-ortho nitro benzene ring substituents is 1. The third-order valence-electron chi connectivity index (χ3n) is 6.08. The lowest BCUT2D eigenvalue weighted by Gasteiger charge is -2.28. The second-order valence-corrected chi connectivity index (χ2v) is 9.54. The average Bonchev–Trinajstić information content (AvgIpc) is 3.49. The van der Waals surface area contributed by atoms with Crippen LogP contribution in [0, 0.1) is 10.1 Å². The Bertz CT molecular complexity index is 1430. The predicted molar refractivity (Wildman–Crippen MR) is 143 cm³/mol. The van der Waals surface area contributed by atoms with Crippen molar-refractivity contribution in [3.05, 3.63) is 87.6 Å². The molecule has 38 heavy (non-hydrogen) atoms. The molecule has 194 valence electrons. The summed E-state index contributed by atoms with van der Waals surface area (Å²) >= 11 is 0.739. The molecule has 2 saturated heterocycles. The van der Waals surface area contributed by atoms with Crippen LogP contribution in [-0.2, 0) is 14.3 Å². The fraction of sp³-hybridized carbons (Fsp3) is 0.192. The number of hydrogen-bond acceptors (Lipinski definition) is 8. The number of anilines is 2. The number of amides is 3. The smallest absolute Gasteiger partial charge is 0.294 e. The first-order valence-corrected chi connectivity index (χ1v) is 12.6. The summed E-state index contributed by atoms with van der Waals surface area (Å²) in [4.78, 5) is 52.0. The topological polar surface area (TPSA) is 127 Å². The van der Waals surface area contributed by atoms with Crippen LogP contribution >= 0.6 is 11.8 Å². The molecule has 0 unspecified atom stereocenters. The van der Waals surface area contributed by atoms with Gasteiger partial charge in [0.1, 0.15) is 6.54 Å². The maximum atomic E-state index is 13.0. The number of thioether (sulfide) groups is 1. The number of nitro groups is 1. The van der Waals surface area contributed by atoms with Gasteiger partial charge in [0.15, 0.2) is 0 Å². The number of rotatable bonds is 7. The molecule has 0 atom stereocenters. The Morgan fingerprint density at radius 2 is 1.82 bits per heavy atom. The molecule has 0 bridgehead atoms. The largest absolute Gasteiger partial charge is 0.378 e. The zero-order valence-electron chi connectivity index (χ0n) is 20.1. The Morgan fingerprint density at radius 3 is 2.55 bits per heavy atom. The first-order chi connectivity index (χ1) is 18.4. The number of nitrogens with one attached hydrogen (secondary N) is 1. The highest BCUT2D eigenvalue weighted by atomic mass is 32.2. The van der Waals surface area contributed by atoms with Crippen LogP contribution < -0.4 is 10.2 Å². The molecule has 2 aliphatic heterocycles. The number of nitro benzene ring substituents is 1. The van der Waals surface area contributed by atoms with Gasteiger partial charge in [0.25, 0.3) is 16.8 Å². The number of carbonyl (C=O) groups excluding carboxylic acids is 3. The zero-order valence-corrected chi connectivity index (χ0v) is 20.9. The average molecular weight is 534 g/mol. The van der Waals surface area contributed by atoms with Crippen LogP contribution in [0.5, 0.6) is 0 Å². The molecule has 2 aliphatic rings. The van der Waals surface area contributed by atoms with Crippen LogP contribution in [0.3, 0.4) is 0 Å². The van der Waals surface area contributed by atoms with E-state index < -0.39 is 28.5 Å². The van der Waals surface area contributed by atoms with Gasteiger partial charge >= 0.3 is 0 Å². The van der Waals surface area contributed by atoms with Gasteiger partial charge in [0.2, 0.25) is 5.91 Å². The predicted octanol–water partition coefficient (Wildman–Crippen LogP) is 3.90. The van der Waals surface area contributed by atoms with Crippen LogP contribution in [0.15, 0.2) is 71.8 Å². The molecular weight excluding hydrogens is 510 g/mol. The van der Waals surface area contributed by atoms with Gasteiger partial charge in [0, 0.05) is 48.5 Å². The molecule has 1 N–H and O–H groups in total. The van der Waals surface area contributed by atoms with Crippen molar-refractivity contribution in [1.82, 2.24) is 9.47 Å². The number of imide groups is 1. The molecule has 5 rings (SSSR count). The van der Waals surface area contributed by atoms with Crippen molar-refractivity contribution >= 4 is 52.0 Å². The van der Waals surface area contributed by atoms with Gasteiger partial charge in [-0.2, -0.15) is 0 Å². The summed E-state index contributed by atoms with van der Waals surface area (Å²) in [6.07, 6.45) is 3.24. The molecule has 0 spiro atoms. The summed E-state index contributed by atoms with van der Waals surface area (Å²) in [7, 11) is 0. The fourth-order valence-electron chi connectivity index (χ4n) is 4.20. The van der Waals surface area contributed by atoms with Crippen LogP contribution in [-0.4, -0.2) is 64.3 Å². The van der Waals surface area contributed by atoms with Crippen LogP contribution in [0.1, 0.15) is 5.69 Å². The summed E-state index contributed by atoms with van der Waals surface area (Å²) in [6.45, 7) is 2.53. The standard InChI is InChI=1S/C26H23N5O6S/c32-24(27-18-6-8-19(9-7-18)28-11-13-37-14-12-28)17-30-25(33)23(38-26(30)34)16-21-5-2-10-29(21)20-3-1-4-22(15-20)31(35)36/h1-10,15-16H,11-14,17H2,(H,27,32)/b23-16-. The third-order valence-corrected chi connectivity index (χ3v) is 6.99. The van der Waals surface area contributed by atoms with Gasteiger partial charge < -0.3 is 19.5 Å². The molecule has 0 aliphatic carbocycles. The maximum Gasteiger partial charge on any atom is 0.294 e. The minimum atomic E-state index is -0.579. The number of nitrogens with zero attached hydrogens (tertiary/aromatic N) is 4. The first kappa shape index (κ1) is 25.2. The van der Waals surface area contributed by atoms with Crippen molar-refractivity contribution < 1.29 is 24.0 Å². The Hall–Kier alpha value is -4.42. The van der Waals surface area contributed by atoms with Crippen molar-refractivity contribution in [2.45, 2.75) is 0 Å². The molecule has 1 aromatic heterocycles. The lowest BCUT2D eigenvalue weighted by molar-refractivity contribution is -0.384. The summed E-state index contributed by atoms with van der Waals surface area (Å²) in [5, 5.41) is 13.3. The number of aromatic nitrogens is 1. The second-order valence-electron chi connectivity index (χ2n) is 8.54. The van der Waals surface area contributed by atoms with Crippen molar-refractivity contribution in [3.63, 3.8) is 0 Å². The first-order valence-electron chi connectivity index (χ1n) is 11.8. The molecule has 2 aromatic carbocycles. The van der Waals surface area contributed by atoms with E-state index in [0.29, 0.717) is 30.3 Å². The van der Waals surface area contributed by atoms with Crippen molar-refractivity contribution in [2.75, 3.05) is 43.1 Å². The van der Waals surface area contributed by atoms with E-state index in [2.05, 4.69) is 10.2 Å². The molecule has 0 saturated carbocycles. The molecule has 3 amide bonds. The van der Waals surface area contributed by atoms with E-state index in [0.717, 1.165) is 35.4 Å². The lowest BCUT2D eigenvalue weighted by atomic mass is 10.2. The Balaban J connectivity index is 1.25. The SMILES string of the molecule is O=C(CN1C(=O)S/C(=C\c2cccn2-c2cccc([N+](=O)[O-])c2)C1=O)Nc1ccc(N2CCOCC2)cc1. The summed E-state index contributed by atoms with van der Waals surface area (Å²) in [5.74, 6) is -1.07. The van der Waals surface area contributed by atoms with E-state index in [1.165, 1.54) is 18.2 Å². The molecule has 3 aromatic rings. The van der Waals surface area contributed by atoms with Crippen molar-refractivity contribution in [1.29, 1.82) is 0 Å². The van der Waals surface area contributed by atoms with Crippen molar-refractivity contribution in [2.24, 2.45) is 0 Å². The second kappa shape index (κ2) is 10.9. The minimum absolute atomic E-state index is 0.0655. The number of hydrogen-bond donors (Lipinski definition) is 1. The molecule has 3 heterocycles. The fourth-order valence-corrected chi connectivity index (χ4v) is 5.02. The highest BCUT2D eigenvalue weighted by Crippen LogP contribution is 2.33. The Kier molecular flexibility index (Phi) is 7.24. The van der Waals surface area contributed by atoms with Gasteiger partial charge in [-0.1, -0.05) is 6.07 Å². The summed E-state index contributed by atoms with van der Waals surface area (Å²) in [6, 6.07) is 16.9. The quantitative estimate of drug-likeness (QED) is 0.275. The minimum Gasteiger partial charge on any atom is -0.378 e. The van der Waals surface area contributed by atoms with E-state index in [1.54, 1.807) is 47.2 Å². The normalized spacial score (nSPS) is 16.8. The highest BCUT2D eigenvalue weighted by Gasteiger charge is 2.36. The van der Waals surface area contributed by atoms with Gasteiger partial charge in [-0.25, -0.2) is 0 Å². The molecule has 12 heteroatoms. The Labute approximate surface area is 221 Å².